The summed E-state index contributed by atoms with van der Waals surface area (Å²) in [7, 11) is 0. The molecule has 1 amide bonds. The lowest BCUT2D eigenvalue weighted by Gasteiger charge is -2.29. The van der Waals surface area contributed by atoms with Crippen LogP contribution in [0.15, 0.2) is 47.4 Å². The Balaban J connectivity index is 1.67. The van der Waals surface area contributed by atoms with Crippen LogP contribution in [0.5, 0.6) is 0 Å². The molecule has 2 aromatic rings. The van der Waals surface area contributed by atoms with E-state index in [0.29, 0.717) is 22.2 Å². The summed E-state index contributed by atoms with van der Waals surface area (Å²) >= 11 is 0.462. The number of amides is 1. The van der Waals surface area contributed by atoms with Crippen molar-refractivity contribution in [2.24, 2.45) is 0 Å². The second-order valence-corrected chi connectivity index (χ2v) is 7.02. The van der Waals surface area contributed by atoms with Crippen LogP contribution < -0.4 is 10.2 Å². The Morgan fingerprint density at radius 3 is 2.46 bits per heavy atom. The van der Waals surface area contributed by atoms with Gasteiger partial charge in [-0.3, -0.25) is 4.79 Å². The number of ether oxygens (including phenoxy) is 1. The number of morpholine rings is 1. The number of aryl methyl sites for hydroxylation is 1. The number of hydrogen-bond donors (Lipinski definition) is 1. The molecule has 0 spiro atoms. The average Bonchev–Trinajstić information content (AvgIpc) is 2.64. The summed E-state index contributed by atoms with van der Waals surface area (Å²) in [6.07, 6.45) is 0. The number of carbonyl (C=O) groups excluding carboxylic acids is 1. The molecule has 0 radical (unpaired) electrons. The molecule has 0 aromatic heterocycles. The van der Waals surface area contributed by atoms with Crippen molar-refractivity contribution in [2.75, 3.05) is 36.5 Å². The van der Waals surface area contributed by atoms with Crippen LogP contribution in [0.1, 0.15) is 15.9 Å². The van der Waals surface area contributed by atoms with Gasteiger partial charge in [0.05, 0.1) is 13.2 Å². The Morgan fingerprint density at radius 2 is 1.85 bits per heavy atom. The van der Waals surface area contributed by atoms with E-state index in [4.69, 9.17) is 4.74 Å². The Bertz CT molecular complexity index is 763. The van der Waals surface area contributed by atoms with Crippen LogP contribution in [0, 0.1) is 6.92 Å². The molecule has 1 saturated heterocycles. The monoisotopic (exact) mass is 378 g/mol. The minimum Gasteiger partial charge on any atom is -0.378 e. The van der Waals surface area contributed by atoms with E-state index in [2.05, 4.69) is 10.2 Å². The van der Waals surface area contributed by atoms with Gasteiger partial charge in [-0.25, -0.2) is 0 Å². The van der Waals surface area contributed by atoms with Gasteiger partial charge in [-0.15, -0.1) is 0 Å². The lowest BCUT2D eigenvalue weighted by molar-refractivity contribution is 0.102. The first-order valence-corrected chi connectivity index (χ1v) is 9.20. The fraction of sp³-hybridized carbons (Fsp3) is 0.316. The van der Waals surface area contributed by atoms with Crippen molar-refractivity contribution < 1.29 is 18.3 Å². The van der Waals surface area contributed by atoms with Crippen LogP contribution in [0.4, 0.5) is 20.2 Å². The van der Waals surface area contributed by atoms with E-state index in [0.717, 1.165) is 43.2 Å². The van der Waals surface area contributed by atoms with Gasteiger partial charge in [0, 0.05) is 34.9 Å². The maximum absolute atomic E-state index is 12.4. The largest absolute Gasteiger partial charge is 0.378 e. The molecule has 1 N–H and O–H groups in total. The number of halogens is 2. The first-order chi connectivity index (χ1) is 12.5. The molecule has 0 bridgehead atoms. The molecule has 1 fully saturated rings. The predicted molar refractivity (Wildman–Crippen MR) is 100 cm³/mol. The molecule has 1 heterocycles. The summed E-state index contributed by atoms with van der Waals surface area (Å²) in [6, 6.07) is 12.1. The highest BCUT2D eigenvalue weighted by Crippen LogP contribution is 2.26. The van der Waals surface area contributed by atoms with E-state index < -0.39 is 5.76 Å². The van der Waals surface area contributed by atoms with Gasteiger partial charge < -0.3 is 15.0 Å². The molecule has 7 heteroatoms. The molecule has 1 aliphatic heterocycles. The number of thioether (sulfide) groups is 1. The second kappa shape index (κ2) is 8.51. The summed E-state index contributed by atoms with van der Waals surface area (Å²) in [5.74, 6) is -2.73. The van der Waals surface area contributed by atoms with Crippen LogP contribution in [0.25, 0.3) is 0 Å². The van der Waals surface area contributed by atoms with Crippen molar-refractivity contribution in [3.05, 3.63) is 53.6 Å². The summed E-state index contributed by atoms with van der Waals surface area (Å²) in [6.45, 7) is 5.10. The summed E-state index contributed by atoms with van der Waals surface area (Å²) < 4.78 is 30.1. The fourth-order valence-electron chi connectivity index (χ4n) is 2.79. The van der Waals surface area contributed by atoms with Gasteiger partial charge in [0.1, 0.15) is 0 Å². The lowest BCUT2D eigenvalue weighted by atomic mass is 10.1. The van der Waals surface area contributed by atoms with Crippen molar-refractivity contribution in [1.29, 1.82) is 0 Å². The third-order valence-corrected chi connectivity index (χ3v) is 4.90. The molecule has 0 saturated carbocycles. The highest BCUT2D eigenvalue weighted by Gasteiger charge is 2.14. The summed E-state index contributed by atoms with van der Waals surface area (Å²) in [5, 5.41) is 2.88. The van der Waals surface area contributed by atoms with Crippen LogP contribution in [-0.4, -0.2) is 38.0 Å². The van der Waals surface area contributed by atoms with Crippen LogP contribution >= 0.6 is 11.8 Å². The maximum Gasteiger partial charge on any atom is 0.288 e. The minimum atomic E-state index is -2.47. The van der Waals surface area contributed by atoms with E-state index in [1.54, 1.807) is 12.1 Å². The van der Waals surface area contributed by atoms with E-state index in [1.807, 2.05) is 25.1 Å². The molecule has 138 valence electrons. The average molecular weight is 378 g/mol. The number of carbonyl (C=O) groups is 1. The number of nitrogens with one attached hydrogen (secondary N) is 1. The number of nitrogens with zero attached hydrogens (tertiary/aromatic N) is 1. The zero-order chi connectivity index (χ0) is 18.5. The smallest absolute Gasteiger partial charge is 0.288 e. The molecule has 2 aromatic carbocycles. The lowest BCUT2D eigenvalue weighted by Crippen LogP contribution is -2.36. The summed E-state index contributed by atoms with van der Waals surface area (Å²) in [5.41, 5.74) is 3.24. The molecule has 3 rings (SSSR count). The highest BCUT2D eigenvalue weighted by molar-refractivity contribution is 7.99. The fourth-order valence-corrected chi connectivity index (χ4v) is 3.29. The van der Waals surface area contributed by atoms with Gasteiger partial charge in [-0.1, -0.05) is 11.8 Å². The van der Waals surface area contributed by atoms with Crippen molar-refractivity contribution in [2.45, 2.75) is 17.6 Å². The zero-order valence-corrected chi connectivity index (χ0v) is 15.2. The number of anilines is 2. The molecule has 0 aliphatic carbocycles. The second-order valence-electron chi connectivity index (χ2n) is 5.96. The summed E-state index contributed by atoms with van der Waals surface area (Å²) in [4.78, 5) is 15.1. The van der Waals surface area contributed by atoms with Crippen molar-refractivity contribution in [3.8, 4) is 0 Å². The van der Waals surface area contributed by atoms with Gasteiger partial charge in [-0.05, 0) is 55.0 Å². The van der Waals surface area contributed by atoms with E-state index >= 15 is 0 Å². The normalized spacial score (nSPS) is 14.5. The topological polar surface area (TPSA) is 41.6 Å². The Kier molecular flexibility index (Phi) is 6.11. The Morgan fingerprint density at radius 1 is 1.15 bits per heavy atom. The van der Waals surface area contributed by atoms with Gasteiger partial charge in [0.2, 0.25) is 0 Å². The molecule has 1 aliphatic rings. The molecule has 26 heavy (non-hydrogen) atoms. The zero-order valence-electron chi connectivity index (χ0n) is 14.4. The molecule has 4 nitrogen and oxygen atoms in total. The van der Waals surface area contributed by atoms with Crippen LogP contribution in [0.2, 0.25) is 0 Å². The van der Waals surface area contributed by atoms with Gasteiger partial charge in [-0.2, -0.15) is 8.78 Å². The van der Waals surface area contributed by atoms with Crippen LogP contribution in [-0.2, 0) is 4.74 Å². The maximum atomic E-state index is 12.4. The Labute approximate surface area is 155 Å². The SMILES string of the molecule is Cc1cc(N2CCOCC2)ccc1NC(=O)c1ccc(SC(F)F)cc1. The molecule has 0 unspecified atom stereocenters. The van der Waals surface area contributed by atoms with Crippen LogP contribution in [0.3, 0.4) is 0 Å². The first-order valence-electron chi connectivity index (χ1n) is 8.32. The molecular formula is C19H20F2N2O2S. The van der Waals surface area contributed by atoms with Crippen molar-refractivity contribution in [3.63, 3.8) is 0 Å². The van der Waals surface area contributed by atoms with E-state index in [1.165, 1.54) is 12.1 Å². The number of hydrogen-bond acceptors (Lipinski definition) is 4. The third kappa shape index (κ3) is 4.74. The van der Waals surface area contributed by atoms with Crippen molar-refractivity contribution in [1.82, 2.24) is 0 Å². The first kappa shape index (κ1) is 18.7. The molecular weight excluding hydrogens is 358 g/mol. The number of alkyl halides is 2. The predicted octanol–water partition coefficient (Wildman–Crippen LogP) is 4.40. The van der Waals surface area contributed by atoms with Gasteiger partial charge in [0.25, 0.3) is 11.7 Å². The standard InChI is InChI=1S/C19H20F2N2O2S/c1-13-12-15(23-8-10-25-11-9-23)4-7-17(13)22-18(24)14-2-5-16(6-3-14)26-19(20)21/h2-7,12,19H,8-11H2,1H3,(H,22,24). The number of rotatable bonds is 5. The van der Waals surface area contributed by atoms with E-state index in [-0.39, 0.29) is 5.91 Å². The van der Waals surface area contributed by atoms with E-state index in [9.17, 15) is 13.6 Å². The Hall–Kier alpha value is -2.12. The third-order valence-electron chi connectivity index (χ3n) is 4.18. The number of benzene rings is 2. The molecule has 0 atom stereocenters. The quantitative estimate of drug-likeness (QED) is 0.783. The van der Waals surface area contributed by atoms with Crippen molar-refractivity contribution >= 4 is 29.0 Å². The minimum absolute atomic E-state index is 0.263. The van der Waals surface area contributed by atoms with Gasteiger partial charge in [0.15, 0.2) is 0 Å². The van der Waals surface area contributed by atoms with Gasteiger partial charge >= 0.3 is 0 Å². The highest BCUT2D eigenvalue weighted by atomic mass is 32.2.